The Morgan fingerprint density at radius 3 is 2.24 bits per heavy atom. The number of amides is 2. The first kappa shape index (κ1) is 18.3. The van der Waals surface area contributed by atoms with Gasteiger partial charge in [0, 0.05) is 24.0 Å². The van der Waals surface area contributed by atoms with E-state index in [2.05, 4.69) is 16.0 Å². The highest BCUT2D eigenvalue weighted by molar-refractivity contribution is 5.94. The Kier molecular flexibility index (Phi) is 5.63. The normalized spacial score (nSPS) is 10.9. The molecule has 0 saturated heterocycles. The van der Waals surface area contributed by atoms with Crippen molar-refractivity contribution in [1.29, 1.82) is 0 Å². The summed E-state index contributed by atoms with van der Waals surface area (Å²) in [4.78, 5) is 22.8. The Bertz CT molecular complexity index is 761. The smallest absolute Gasteiger partial charge is 0.376 e. The zero-order valence-corrected chi connectivity index (χ0v) is 13.3. The number of carbonyl (C=O) groups excluding carboxylic acids is 2. The van der Waals surface area contributed by atoms with Crippen molar-refractivity contribution in [2.24, 2.45) is 0 Å². The van der Waals surface area contributed by atoms with Crippen LogP contribution < -0.4 is 16.0 Å². The predicted octanol–water partition coefficient (Wildman–Crippen LogP) is 3.71. The lowest BCUT2D eigenvalue weighted by Crippen LogP contribution is -2.23. The van der Waals surface area contributed by atoms with Gasteiger partial charge in [0.15, 0.2) is 0 Å². The van der Waals surface area contributed by atoms with Crippen LogP contribution >= 0.6 is 0 Å². The van der Waals surface area contributed by atoms with E-state index in [9.17, 15) is 22.8 Å². The van der Waals surface area contributed by atoms with Crippen LogP contribution in [0.4, 0.5) is 30.2 Å². The van der Waals surface area contributed by atoms with Gasteiger partial charge in [0.05, 0.1) is 12.1 Å². The minimum absolute atomic E-state index is 0.0270. The summed E-state index contributed by atoms with van der Waals surface area (Å²) in [7, 11) is 0. The molecule has 25 heavy (non-hydrogen) atoms. The van der Waals surface area contributed by atoms with Crippen molar-refractivity contribution in [3.63, 3.8) is 0 Å². The molecule has 0 aliphatic carbocycles. The van der Waals surface area contributed by atoms with Crippen molar-refractivity contribution >= 4 is 28.9 Å². The largest absolute Gasteiger partial charge is 0.418 e. The number of halogens is 3. The lowest BCUT2D eigenvalue weighted by molar-refractivity contribution is -0.137. The van der Waals surface area contributed by atoms with Crippen LogP contribution in [-0.4, -0.2) is 18.4 Å². The molecule has 2 rings (SSSR count). The quantitative estimate of drug-likeness (QED) is 0.769. The van der Waals surface area contributed by atoms with E-state index in [4.69, 9.17) is 0 Å². The average Bonchev–Trinajstić information content (AvgIpc) is 2.53. The van der Waals surface area contributed by atoms with Crippen molar-refractivity contribution in [3.8, 4) is 0 Å². The standard InChI is InChI=1S/C17H16F3N3O2/c1-11(24)22-13-7-8-15(14(9-13)17(18,19)20)21-10-16(25)23-12-5-3-2-4-6-12/h2-9,21H,10H2,1H3,(H,22,24)(H,23,25). The molecule has 2 aromatic carbocycles. The number of hydrogen-bond donors (Lipinski definition) is 3. The molecule has 0 bridgehead atoms. The maximum atomic E-state index is 13.2. The van der Waals surface area contributed by atoms with Crippen molar-refractivity contribution < 1.29 is 22.8 Å². The first-order chi connectivity index (χ1) is 11.8. The molecule has 0 aliphatic heterocycles. The van der Waals surface area contributed by atoms with Gasteiger partial charge in [-0.15, -0.1) is 0 Å². The van der Waals surface area contributed by atoms with Crippen LogP contribution in [0.25, 0.3) is 0 Å². The predicted molar refractivity (Wildman–Crippen MR) is 89.3 cm³/mol. The van der Waals surface area contributed by atoms with E-state index in [-0.39, 0.29) is 17.9 Å². The number of hydrogen-bond acceptors (Lipinski definition) is 3. The molecular weight excluding hydrogens is 335 g/mol. The topological polar surface area (TPSA) is 70.2 Å². The molecule has 0 aromatic heterocycles. The molecule has 2 amide bonds. The zero-order chi connectivity index (χ0) is 18.4. The number of benzene rings is 2. The Morgan fingerprint density at radius 1 is 0.960 bits per heavy atom. The van der Waals surface area contributed by atoms with Crippen LogP contribution in [-0.2, 0) is 15.8 Å². The van der Waals surface area contributed by atoms with Crippen LogP contribution in [0.15, 0.2) is 48.5 Å². The molecule has 0 fully saturated rings. The molecule has 5 nitrogen and oxygen atoms in total. The lowest BCUT2D eigenvalue weighted by Gasteiger charge is -2.16. The monoisotopic (exact) mass is 351 g/mol. The Balaban J connectivity index is 2.10. The maximum Gasteiger partial charge on any atom is 0.418 e. The van der Waals surface area contributed by atoms with E-state index in [1.165, 1.54) is 19.1 Å². The lowest BCUT2D eigenvalue weighted by atomic mass is 10.1. The molecule has 0 unspecified atom stereocenters. The second-order valence-corrected chi connectivity index (χ2v) is 5.21. The summed E-state index contributed by atoms with van der Waals surface area (Å²) in [6, 6.07) is 11.9. The fourth-order valence-electron chi connectivity index (χ4n) is 2.12. The van der Waals surface area contributed by atoms with Gasteiger partial charge in [-0.3, -0.25) is 9.59 Å². The third kappa shape index (κ3) is 5.52. The second kappa shape index (κ2) is 7.69. The average molecular weight is 351 g/mol. The first-order valence-corrected chi connectivity index (χ1v) is 7.33. The Labute approximate surface area is 142 Å². The van der Waals surface area contributed by atoms with E-state index < -0.39 is 23.6 Å². The Hall–Kier alpha value is -3.03. The summed E-state index contributed by atoms with van der Waals surface area (Å²) in [5.74, 6) is -0.957. The number of para-hydroxylation sites is 1. The van der Waals surface area contributed by atoms with E-state index >= 15 is 0 Å². The molecule has 0 saturated carbocycles. The van der Waals surface area contributed by atoms with Crippen LogP contribution in [0.3, 0.4) is 0 Å². The van der Waals surface area contributed by atoms with Gasteiger partial charge in [0.1, 0.15) is 0 Å². The SMILES string of the molecule is CC(=O)Nc1ccc(NCC(=O)Nc2ccccc2)c(C(F)(F)F)c1. The van der Waals surface area contributed by atoms with E-state index in [0.717, 1.165) is 6.07 Å². The van der Waals surface area contributed by atoms with E-state index in [1.54, 1.807) is 30.3 Å². The molecule has 0 spiro atoms. The molecule has 8 heteroatoms. The van der Waals surface area contributed by atoms with Crippen molar-refractivity contribution in [1.82, 2.24) is 0 Å². The van der Waals surface area contributed by atoms with Crippen LogP contribution in [0, 0.1) is 0 Å². The second-order valence-electron chi connectivity index (χ2n) is 5.21. The van der Waals surface area contributed by atoms with Gasteiger partial charge >= 0.3 is 6.18 Å². The minimum atomic E-state index is -4.63. The fourth-order valence-corrected chi connectivity index (χ4v) is 2.12. The van der Waals surface area contributed by atoms with Gasteiger partial charge in [-0.2, -0.15) is 13.2 Å². The number of rotatable bonds is 5. The van der Waals surface area contributed by atoms with Crippen molar-refractivity contribution in [2.75, 3.05) is 22.5 Å². The van der Waals surface area contributed by atoms with Crippen LogP contribution in [0.2, 0.25) is 0 Å². The Morgan fingerprint density at radius 2 is 1.64 bits per heavy atom. The van der Waals surface area contributed by atoms with Crippen LogP contribution in [0.1, 0.15) is 12.5 Å². The fraction of sp³-hybridized carbons (Fsp3) is 0.176. The highest BCUT2D eigenvalue weighted by atomic mass is 19.4. The van der Waals surface area contributed by atoms with Crippen molar-refractivity contribution in [3.05, 3.63) is 54.1 Å². The molecule has 0 radical (unpaired) electrons. The molecule has 2 aromatic rings. The molecule has 0 heterocycles. The van der Waals surface area contributed by atoms with Gasteiger partial charge < -0.3 is 16.0 Å². The number of alkyl halides is 3. The highest BCUT2D eigenvalue weighted by Crippen LogP contribution is 2.36. The zero-order valence-electron chi connectivity index (χ0n) is 13.3. The number of anilines is 3. The number of nitrogens with one attached hydrogen (secondary N) is 3. The first-order valence-electron chi connectivity index (χ1n) is 7.33. The van der Waals surface area contributed by atoms with E-state index in [0.29, 0.717) is 5.69 Å². The van der Waals surface area contributed by atoms with Gasteiger partial charge in [0.2, 0.25) is 11.8 Å². The van der Waals surface area contributed by atoms with Gasteiger partial charge in [-0.05, 0) is 30.3 Å². The van der Waals surface area contributed by atoms with Gasteiger partial charge in [-0.1, -0.05) is 18.2 Å². The minimum Gasteiger partial charge on any atom is -0.376 e. The van der Waals surface area contributed by atoms with E-state index in [1.807, 2.05) is 0 Å². The highest BCUT2D eigenvalue weighted by Gasteiger charge is 2.34. The number of carbonyl (C=O) groups is 2. The van der Waals surface area contributed by atoms with Crippen LogP contribution in [0.5, 0.6) is 0 Å². The van der Waals surface area contributed by atoms with Gasteiger partial charge in [0.25, 0.3) is 0 Å². The summed E-state index contributed by atoms with van der Waals surface area (Å²) < 4.78 is 39.6. The van der Waals surface area contributed by atoms with Gasteiger partial charge in [-0.25, -0.2) is 0 Å². The molecule has 132 valence electrons. The molecular formula is C17H16F3N3O2. The summed E-state index contributed by atoms with van der Waals surface area (Å²) >= 11 is 0. The summed E-state index contributed by atoms with van der Waals surface area (Å²) in [5, 5.41) is 7.34. The summed E-state index contributed by atoms with van der Waals surface area (Å²) in [6.07, 6.45) is -4.63. The third-order valence-electron chi connectivity index (χ3n) is 3.14. The summed E-state index contributed by atoms with van der Waals surface area (Å²) in [6.45, 7) is 0.866. The molecule has 3 N–H and O–H groups in total. The maximum absolute atomic E-state index is 13.2. The van der Waals surface area contributed by atoms with Crippen molar-refractivity contribution in [2.45, 2.75) is 13.1 Å². The molecule has 0 atom stereocenters. The summed E-state index contributed by atoms with van der Waals surface area (Å²) in [5.41, 5.74) is -0.637. The molecule has 0 aliphatic rings. The third-order valence-corrected chi connectivity index (χ3v) is 3.14.